The molecule has 0 saturated heterocycles. The topological polar surface area (TPSA) is 41.3 Å². The van der Waals surface area contributed by atoms with E-state index in [1.54, 1.807) is 0 Å². The van der Waals surface area contributed by atoms with Crippen LogP contribution in [0.4, 0.5) is 0 Å². The molecular formula is C21H45N3. The fourth-order valence-corrected chi connectivity index (χ4v) is 3.44. The molecular weight excluding hydrogens is 294 g/mol. The lowest BCUT2D eigenvalue weighted by Crippen LogP contribution is -2.36. The van der Waals surface area contributed by atoms with Crippen LogP contribution in [0.25, 0.3) is 0 Å². The molecule has 0 radical (unpaired) electrons. The molecule has 3 heteroatoms. The number of allylic oxidation sites excluding steroid dienone is 2. The average Bonchev–Trinajstić information content (AvgIpc) is 2.57. The zero-order chi connectivity index (χ0) is 18.4. The van der Waals surface area contributed by atoms with Crippen LogP contribution in [0.15, 0.2) is 12.2 Å². The molecule has 0 saturated carbocycles. The third-order valence-electron chi connectivity index (χ3n) is 5.31. The largest absolute Gasteiger partial charge is 0.327 e. The molecule has 3 N–H and O–H groups in total. The molecule has 0 amide bonds. The Kier molecular flexibility index (Phi) is 14.7. The number of rotatable bonds is 15. The van der Waals surface area contributed by atoms with Gasteiger partial charge in [-0.05, 0) is 71.4 Å². The van der Waals surface area contributed by atoms with Gasteiger partial charge in [-0.3, -0.25) is 0 Å². The first kappa shape index (κ1) is 23.6. The highest BCUT2D eigenvalue weighted by Gasteiger charge is 2.23. The highest BCUT2D eigenvalue weighted by molar-refractivity contribution is 4.92. The Labute approximate surface area is 152 Å². The molecule has 4 atom stereocenters. The van der Waals surface area contributed by atoms with Crippen LogP contribution in [0.1, 0.15) is 73.1 Å². The summed E-state index contributed by atoms with van der Waals surface area (Å²) >= 11 is 0. The second kappa shape index (κ2) is 14.9. The number of hydrogen-bond donors (Lipinski definition) is 2. The molecule has 24 heavy (non-hydrogen) atoms. The van der Waals surface area contributed by atoms with Crippen molar-refractivity contribution in [2.24, 2.45) is 17.6 Å². The van der Waals surface area contributed by atoms with Gasteiger partial charge >= 0.3 is 0 Å². The van der Waals surface area contributed by atoms with Gasteiger partial charge < -0.3 is 16.0 Å². The van der Waals surface area contributed by atoms with Gasteiger partial charge in [-0.2, -0.15) is 0 Å². The van der Waals surface area contributed by atoms with E-state index >= 15 is 0 Å². The lowest BCUT2D eigenvalue weighted by molar-refractivity contribution is 0.254. The summed E-state index contributed by atoms with van der Waals surface area (Å²) in [5, 5.41) is 3.57. The van der Waals surface area contributed by atoms with E-state index in [0.29, 0.717) is 23.9 Å². The molecule has 3 unspecified atom stereocenters. The van der Waals surface area contributed by atoms with Crippen molar-refractivity contribution in [3.8, 4) is 0 Å². The van der Waals surface area contributed by atoms with Crippen molar-refractivity contribution >= 4 is 0 Å². The molecule has 0 fully saturated rings. The molecule has 0 aliphatic carbocycles. The normalized spacial score (nSPS) is 17.3. The van der Waals surface area contributed by atoms with E-state index in [1.807, 2.05) is 0 Å². The van der Waals surface area contributed by atoms with Crippen molar-refractivity contribution in [2.75, 3.05) is 26.7 Å². The Morgan fingerprint density at radius 3 is 2.33 bits per heavy atom. The minimum absolute atomic E-state index is 0.329. The first-order valence-corrected chi connectivity index (χ1v) is 10.3. The van der Waals surface area contributed by atoms with Crippen molar-refractivity contribution in [2.45, 2.75) is 85.2 Å². The van der Waals surface area contributed by atoms with E-state index in [9.17, 15) is 0 Å². The molecule has 0 rings (SSSR count). The van der Waals surface area contributed by atoms with Gasteiger partial charge in [0, 0.05) is 25.2 Å². The lowest BCUT2D eigenvalue weighted by Gasteiger charge is -2.30. The Bertz CT molecular complexity index is 303. The fourth-order valence-electron chi connectivity index (χ4n) is 3.44. The van der Waals surface area contributed by atoms with E-state index < -0.39 is 0 Å². The number of hydrogen-bond acceptors (Lipinski definition) is 3. The van der Waals surface area contributed by atoms with Crippen molar-refractivity contribution in [3.63, 3.8) is 0 Å². The SMILES string of the molecule is C/C=C/C(CCC)C(CCCN(C)CCNC(C)CC)[C@H](N)CC. The summed E-state index contributed by atoms with van der Waals surface area (Å²) in [5.74, 6) is 1.27. The predicted octanol–water partition coefficient (Wildman–Crippen LogP) is 4.43. The predicted molar refractivity (Wildman–Crippen MR) is 109 cm³/mol. The summed E-state index contributed by atoms with van der Waals surface area (Å²) in [7, 11) is 2.24. The van der Waals surface area contributed by atoms with Crippen molar-refractivity contribution in [1.29, 1.82) is 0 Å². The van der Waals surface area contributed by atoms with Gasteiger partial charge in [-0.15, -0.1) is 0 Å². The van der Waals surface area contributed by atoms with Gasteiger partial charge in [-0.25, -0.2) is 0 Å². The van der Waals surface area contributed by atoms with Crippen LogP contribution >= 0.6 is 0 Å². The third-order valence-corrected chi connectivity index (χ3v) is 5.31. The molecule has 0 bridgehead atoms. The van der Waals surface area contributed by atoms with Gasteiger partial charge in [0.2, 0.25) is 0 Å². The van der Waals surface area contributed by atoms with E-state index in [-0.39, 0.29) is 0 Å². The van der Waals surface area contributed by atoms with Crippen LogP contribution in [0.2, 0.25) is 0 Å². The van der Waals surface area contributed by atoms with Crippen LogP contribution in [0, 0.1) is 11.8 Å². The van der Waals surface area contributed by atoms with Crippen molar-refractivity contribution < 1.29 is 0 Å². The Morgan fingerprint density at radius 1 is 1.08 bits per heavy atom. The number of likely N-dealkylation sites (N-methyl/N-ethyl adjacent to an activating group) is 1. The van der Waals surface area contributed by atoms with Crippen molar-refractivity contribution in [3.05, 3.63) is 12.2 Å². The molecule has 0 aromatic rings. The number of nitrogens with zero attached hydrogens (tertiary/aromatic N) is 1. The molecule has 0 aromatic heterocycles. The maximum Gasteiger partial charge on any atom is 0.0104 e. The lowest BCUT2D eigenvalue weighted by atomic mass is 9.79. The standard InChI is InChI=1S/C21H45N3/c1-7-12-19(13-8-2)20(21(22)10-4)14-11-16-24(6)17-15-23-18(5)9-3/h7,12,18-21,23H,8-11,13-17,22H2,1-6H3/b12-7+/t18?,19?,20?,21-/m1/s1. The van der Waals surface area contributed by atoms with E-state index in [4.69, 9.17) is 5.73 Å². The molecule has 0 spiro atoms. The fraction of sp³-hybridized carbons (Fsp3) is 0.905. The van der Waals surface area contributed by atoms with Crippen molar-refractivity contribution in [1.82, 2.24) is 10.2 Å². The molecule has 3 nitrogen and oxygen atoms in total. The second-order valence-corrected chi connectivity index (χ2v) is 7.42. The minimum atomic E-state index is 0.329. The summed E-state index contributed by atoms with van der Waals surface area (Å²) in [6, 6.07) is 0.955. The Balaban J connectivity index is 4.30. The monoisotopic (exact) mass is 339 g/mol. The first-order valence-electron chi connectivity index (χ1n) is 10.3. The Hall–Kier alpha value is -0.380. The van der Waals surface area contributed by atoms with Crippen LogP contribution < -0.4 is 11.1 Å². The van der Waals surface area contributed by atoms with Gasteiger partial charge in [0.05, 0.1) is 0 Å². The highest BCUT2D eigenvalue weighted by Crippen LogP contribution is 2.27. The summed E-state index contributed by atoms with van der Waals surface area (Å²) in [5.41, 5.74) is 6.47. The van der Waals surface area contributed by atoms with Gasteiger partial charge in [0.15, 0.2) is 0 Å². The van der Waals surface area contributed by atoms with E-state index in [0.717, 1.165) is 19.5 Å². The summed E-state index contributed by atoms with van der Waals surface area (Å²) in [6.07, 6.45) is 11.9. The van der Waals surface area contributed by atoms with Crippen LogP contribution in [0.3, 0.4) is 0 Å². The Morgan fingerprint density at radius 2 is 1.79 bits per heavy atom. The van der Waals surface area contributed by atoms with E-state index in [2.05, 4.69) is 64.0 Å². The third kappa shape index (κ3) is 10.5. The smallest absolute Gasteiger partial charge is 0.0104 e. The molecule has 0 aliphatic rings. The number of nitrogens with two attached hydrogens (primary N) is 1. The quantitative estimate of drug-likeness (QED) is 0.434. The second-order valence-electron chi connectivity index (χ2n) is 7.42. The van der Waals surface area contributed by atoms with Crippen LogP contribution in [0.5, 0.6) is 0 Å². The van der Waals surface area contributed by atoms with Crippen LogP contribution in [-0.4, -0.2) is 43.7 Å². The number of nitrogens with one attached hydrogen (secondary N) is 1. The zero-order valence-electron chi connectivity index (χ0n) is 17.4. The first-order chi connectivity index (χ1) is 11.5. The summed E-state index contributed by atoms with van der Waals surface area (Å²) in [6.45, 7) is 14.5. The van der Waals surface area contributed by atoms with Gasteiger partial charge in [0.25, 0.3) is 0 Å². The summed E-state index contributed by atoms with van der Waals surface area (Å²) in [4.78, 5) is 2.45. The average molecular weight is 340 g/mol. The molecule has 0 heterocycles. The molecule has 0 aromatic carbocycles. The zero-order valence-corrected chi connectivity index (χ0v) is 17.4. The van der Waals surface area contributed by atoms with Gasteiger partial charge in [0.1, 0.15) is 0 Å². The van der Waals surface area contributed by atoms with Gasteiger partial charge in [-0.1, -0.05) is 39.3 Å². The molecule has 144 valence electrons. The maximum atomic E-state index is 6.47. The maximum absolute atomic E-state index is 6.47. The highest BCUT2D eigenvalue weighted by atomic mass is 15.1. The minimum Gasteiger partial charge on any atom is -0.327 e. The summed E-state index contributed by atoms with van der Waals surface area (Å²) < 4.78 is 0. The van der Waals surface area contributed by atoms with E-state index in [1.165, 1.54) is 38.6 Å². The van der Waals surface area contributed by atoms with Crippen LogP contribution in [-0.2, 0) is 0 Å². The molecule has 0 aliphatic heterocycles.